The van der Waals surface area contributed by atoms with Gasteiger partial charge in [-0.3, -0.25) is 5.41 Å². The molecule has 0 fully saturated rings. The van der Waals surface area contributed by atoms with E-state index < -0.39 is 38.4 Å². The highest BCUT2D eigenvalue weighted by molar-refractivity contribution is 7.89. The Morgan fingerprint density at radius 2 is 2.06 bits per heavy atom. The van der Waals surface area contributed by atoms with Crippen LogP contribution in [-0.4, -0.2) is 20.3 Å². The summed E-state index contributed by atoms with van der Waals surface area (Å²) in [6, 6.07) is 1.08. The van der Waals surface area contributed by atoms with E-state index in [0.717, 1.165) is 6.07 Å². The fraction of sp³-hybridized carbons (Fsp3) is 0.222. The Hall–Kier alpha value is -1.54. The second-order valence-electron chi connectivity index (χ2n) is 3.37. The van der Waals surface area contributed by atoms with Crippen LogP contribution in [0.4, 0.5) is 8.78 Å². The van der Waals surface area contributed by atoms with Gasteiger partial charge in [0.25, 0.3) is 0 Å². The largest absolute Gasteiger partial charge is 0.386 e. The molecule has 94 valence electrons. The monoisotopic (exact) mass is 263 g/mol. The van der Waals surface area contributed by atoms with E-state index in [1.165, 1.54) is 6.92 Å². The molecule has 0 aliphatic rings. The average Bonchev–Trinajstić information content (AvgIpc) is 2.20. The molecule has 0 saturated heterocycles. The third-order valence-corrected chi connectivity index (χ3v) is 3.54. The van der Waals surface area contributed by atoms with Crippen LogP contribution in [0.15, 0.2) is 23.1 Å². The van der Waals surface area contributed by atoms with E-state index in [2.05, 4.69) is 0 Å². The molecule has 0 amide bonds. The van der Waals surface area contributed by atoms with E-state index in [1.54, 1.807) is 0 Å². The molecule has 17 heavy (non-hydrogen) atoms. The molecule has 0 bridgehead atoms. The lowest BCUT2D eigenvalue weighted by Gasteiger charge is -2.13. The van der Waals surface area contributed by atoms with Crippen LogP contribution in [0, 0.1) is 17.0 Å². The van der Waals surface area contributed by atoms with E-state index in [-0.39, 0.29) is 0 Å². The van der Waals surface area contributed by atoms with Crippen molar-refractivity contribution in [1.29, 1.82) is 5.41 Å². The Morgan fingerprint density at radius 3 is 2.59 bits per heavy atom. The molecule has 4 N–H and O–H groups in total. The van der Waals surface area contributed by atoms with Crippen LogP contribution in [0.3, 0.4) is 0 Å². The third-order valence-electron chi connectivity index (χ3n) is 1.98. The van der Waals surface area contributed by atoms with Gasteiger partial charge < -0.3 is 5.73 Å². The SMILES string of the molecule is CC(NS(=O)(=O)c1cc(F)ccc1F)C(=N)N. The van der Waals surface area contributed by atoms with Crippen LogP contribution in [0.5, 0.6) is 0 Å². The molecule has 5 nitrogen and oxygen atoms in total. The second kappa shape index (κ2) is 4.76. The fourth-order valence-electron chi connectivity index (χ4n) is 1.04. The van der Waals surface area contributed by atoms with Crippen LogP contribution in [0.2, 0.25) is 0 Å². The van der Waals surface area contributed by atoms with Gasteiger partial charge in [0.2, 0.25) is 10.0 Å². The van der Waals surface area contributed by atoms with Crippen molar-refractivity contribution >= 4 is 15.9 Å². The van der Waals surface area contributed by atoms with Crippen molar-refractivity contribution in [2.45, 2.75) is 17.9 Å². The molecule has 0 heterocycles. The Bertz CT molecular complexity index is 545. The van der Waals surface area contributed by atoms with Gasteiger partial charge in [-0.15, -0.1) is 0 Å². The van der Waals surface area contributed by atoms with Gasteiger partial charge in [0, 0.05) is 0 Å². The number of nitrogens with one attached hydrogen (secondary N) is 2. The van der Waals surface area contributed by atoms with Crippen LogP contribution in [0.25, 0.3) is 0 Å². The summed E-state index contributed by atoms with van der Waals surface area (Å²) < 4.78 is 51.3. The van der Waals surface area contributed by atoms with Crippen LogP contribution >= 0.6 is 0 Å². The summed E-state index contributed by atoms with van der Waals surface area (Å²) in [5.74, 6) is -2.37. The van der Waals surface area contributed by atoms with Gasteiger partial charge in [-0.25, -0.2) is 21.9 Å². The quantitative estimate of drug-likeness (QED) is 0.547. The number of benzene rings is 1. The lowest BCUT2D eigenvalue weighted by Crippen LogP contribution is -2.42. The number of rotatable bonds is 4. The van der Waals surface area contributed by atoms with Gasteiger partial charge in [-0.2, -0.15) is 0 Å². The highest BCUT2D eigenvalue weighted by Crippen LogP contribution is 2.15. The van der Waals surface area contributed by atoms with Crippen molar-refractivity contribution in [1.82, 2.24) is 4.72 Å². The first-order valence-corrected chi connectivity index (χ1v) is 6.03. The first kappa shape index (κ1) is 13.5. The minimum atomic E-state index is -4.24. The summed E-state index contributed by atoms with van der Waals surface area (Å²) in [6.45, 7) is 1.32. The molecular formula is C9H11F2N3O2S. The maximum absolute atomic E-state index is 13.2. The first-order chi connectivity index (χ1) is 7.74. The van der Waals surface area contributed by atoms with E-state index in [0.29, 0.717) is 12.1 Å². The fourth-order valence-corrected chi connectivity index (χ4v) is 2.35. The van der Waals surface area contributed by atoms with E-state index >= 15 is 0 Å². The highest BCUT2D eigenvalue weighted by Gasteiger charge is 2.22. The normalized spacial score (nSPS) is 13.4. The summed E-state index contributed by atoms with van der Waals surface area (Å²) in [4.78, 5) is -0.814. The zero-order valence-corrected chi connectivity index (χ0v) is 9.68. The summed E-state index contributed by atoms with van der Waals surface area (Å²) in [7, 11) is -4.24. The second-order valence-corrected chi connectivity index (χ2v) is 5.06. The van der Waals surface area contributed by atoms with Gasteiger partial charge in [0.05, 0.1) is 6.04 Å². The van der Waals surface area contributed by atoms with E-state index in [9.17, 15) is 17.2 Å². The number of hydrogen-bond acceptors (Lipinski definition) is 3. The molecule has 0 aliphatic carbocycles. The average molecular weight is 263 g/mol. The van der Waals surface area contributed by atoms with Crippen LogP contribution in [0.1, 0.15) is 6.92 Å². The molecule has 8 heteroatoms. The zero-order chi connectivity index (χ0) is 13.2. The lowest BCUT2D eigenvalue weighted by molar-refractivity contribution is 0.544. The molecule has 0 aromatic heterocycles. The van der Waals surface area contributed by atoms with Gasteiger partial charge in [0.1, 0.15) is 22.4 Å². The van der Waals surface area contributed by atoms with E-state index in [4.69, 9.17) is 11.1 Å². The molecule has 1 rings (SSSR count). The molecule has 0 radical (unpaired) electrons. The number of halogens is 2. The van der Waals surface area contributed by atoms with Crippen molar-refractivity contribution < 1.29 is 17.2 Å². The Balaban J connectivity index is 3.13. The minimum absolute atomic E-state index is 0.426. The Kier molecular flexibility index (Phi) is 3.79. The number of hydrogen-bond donors (Lipinski definition) is 3. The van der Waals surface area contributed by atoms with Crippen LogP contribution in [-0.2, 0) is 10.0 Å². The molecule has 1 unspecified atom stereocenters. The predicted octanol–water partition coefficient (Wildman–Crippen LogP) is 0.568. The topological polar surface area (TPSA) is 96.0 Å². The molecule has 1 atom stereocenters. The number of amidine groups is 1. The van der Waals surface area contributed by atoms with Crippen molar-refractivity contribution in [3.8, 4) is 0 Å². The standard InChI is InChI=1S/C9H11F2N3O2S/c1-5(9(12)13)14-17(15,16)8-4-6(10)2-3-7(8)11/h2-5,14H,1H3,(H3,12,13). The molecule has 0 spiro atoms. The maximum atomic E-state index is 13.2. The van der Waals surface area contributed by atoms with Gasteiger partial charge in [0.15, 0.2) is 0 Å². The summed E-state index contributed by atoms with van der Waals surface area (Å²) in [5.41, 5.74) is 5.08. The Morgan fingerprint density at radius 1 is 1.47 bits per heavy atom. The maximum Gasteiger partial charge on any atom is 0.244 e. The summed E-state index contributed by atoms with van der Waals surface area (Å²) >= 11 is 0. The summed E-state index contributed by atoms with van der Waals surface area (Å²) in [5, 5.41) is 7.02. The number of sulfonamides is 1. The molecule has 0 saturated carbocycles. The summed E-state index contributed by atoms with van der Waals surface area (Å²) in [6.07, 6.45) is 0. The van der Waals surface area contributed by atoms with Crippen molar-refractivity contribution in [2.75, 3.05) is 0 Å². The third kappa shape index (κ3) is 3.21. The first-order valence-electron chi connectivity index (χ1n) is 4.55. The highest BCUT2D eigenvalue weighted by atomic mass is 32.2. The molecule has 1 aromatic carbocycles. The van der Waals surface area contributed by atoms with Crippen molar-refractivity contribution in [2.24, 2.45) is 5.73 Å². The molecular weight excluding hydrogens is 252 g/mol. The van der Waals surface area contributed by atoms with Crippen molar-refractivity contribution in [3.63, 3.8) is 0 Å². The lowest BCUT2D eigenvalue weighted by atomic mass is 10.3. The molecule has 1 aromatic rings. The van der Waals surface area contributed by atoms with E-state index in [1.807, 2.05) is 4.72 Å². The minimum Gasteiger partial charge on any atom is -0.386 e. The smallest absolute Gasteiger partial charge is 0.244 e. The Labute approximate surface area is 97.2 Å². The van der Waals surface area contributed by atoms with Crippen LogP contribution < -0.4 is 10.5 Å². The number of nitrogens with two attached hydrogens (primary N) is 1. The zero-order valence-electron chi connectivity index (χ0n) is 8.87. The van der Waals surface area contributed by atoms with Crippen molar-refractivity contribution in [3.05, 3.63) is 29.8 Å². The molecule has 0 aliphatic heterocycles. The van der Waals surface area contributed by atoms with Gasteiger partial charge in [-0.05, 0) is 25.1 Å². The predicted molar refractivity (Wildman–Crippen MR) is 58.1 cm³/mol. The van der Waals surface area contributed by atoms with Gasteiger partial charge >= 0.3 is 0 Å². The van der Waals surface area contributed by atoms with Gasteiger partial charge in [-0.1, -0.05) is 0 Å².